The van der Waals surface area contributed by atoms with Gasteiger partial charge in [0.15, 0.2) is 0 Å². The Morgan fingerprint density at radius 1 is 1.46 bits per heavy atom. The summed E-state index contributed by atoms with van der Waals surface area (Å²) in [5.74, 6) is 0.903. The molecular weight excluding hydrogens is 162 g/mol. The lowest BCUT2D eigenvalue weighted by atomic mass is 10.0. The maximum absolute atomic E-state index is 4.50. The Bertz CT molecular complexity index is 348. The topological polar surface area (TPSA) is 37.8 Å². The summed E-state index contributed by atoms with van der Waals surface area (Å²) in [7, 11) is 0. The average molecular weight is 175 g/mol. The molecule has 1 fully saturated rings. The van der Waals surface area contributed by atoms with Crippen molar-refractivity contribution < 1.29 is 0 Å². The second-order valence-corrected chi connectivity index (χ2v) is 4.02. The van der Waals surface area contributed by atoms with Gasteiger partial charge in [-0.25, -0.2) is 9.97 Å². The van der Waals surface area contributed by atoms with Crippen LogP contribution in [-0.2, 0) is 6.42 Å². The molecule has 2 aliphatic rings. The lowest BCUT2D eigenvalue weighted by Gasteiger charge is -2.23. The molecule has 0 radical (unpaired) electrons. The van der Waals surface area contributed by atoms with Crippen LogP contribution in [0.1, 0.15) is 36.0 Å². The molecule has 1 saturated heterocycles. The van der Waals surface area contributed by atoms with Crippen LogP contribution in [0.5, 0.6) is 0 Å². The van der Waals surface area contributed by atoms with Crippen LogP contribution in [0.15, 0.2) is 6.20 Å². The first-order valence-corrected chi connectivity index (χ1v) is 4.91. The number of rotatable bonds is 0. The molecule has 0 aromatic carbocycles. The molecule has 2 bridgehead atoms. The van der Waals surface area contributed by atoms with Crippen molar-refractivity contribution in [3.63, 3.8) is 0 Å². The van der Waals surface area contributed by atoms with E-state index in [9.17, 15) is 0 Å². The molecule has 1 N–H and O–H groups in total. The van der Waals surface area contributed by atoms with Gasteiger partial charge in [0, 0.05) is 30.3 Å². The molecule has 3 nitrogen and oxygen atoms in total. The zero-order chi connectivity index (χ0) is 8.84. The van der Waals surface area contributed by atoms with E-state index in [0.29, 0.717) is 12.1 Å². The molecule has 0 spiro atoms. The molecule has 0 unspecified atom stereocenters. The normalized spacial score (nSPS) is 30.2. The fraction of sp³-hybridized carbons (Fsp3) is 0.600. The van der Waals surface area contributed by atoms with Crippen LogP contribution < -0.4 is 5.32 Å². The molecule has 1 aromatic rings. The minimum atomic E-state index is 0.536. The van der Waals surface area contributed by atoms with Crippen molar-refractivity contribution in [2.24, 2.45) is 0 Å². The van der Waals surface area contributed by atoms with E-state index in [0.717, 1.165) is 12.2 Å². The van der Waals surface area contributed by atoms with E-state index in [1.54, 1.807) is 0 Å². The number of aryl methyl sites for hydroxylation is 1. The fourth-order valence-corrected chi connectivity index (χ4v) is 2.44. The quantitative estimate of drug-likeness (QED) is 0.642. The molecule has 3 heterocycles. The molecule has 2 atom stereocenters. The third kappa shape index (κ3) is 1.07. The first-order valence-electron chi connectivity index (χ1n) is 4.91. The zero-order valence-corrected chi connectivity index (χ0v) is 7.75. The molecule has 0 amide bonds. The second kappa shape index (κ2) is 2.51. The Morgan fingerprint density at radius 3 is 3.31 bits per heavy atom. The van der Waals surface area contributed by atoms with Gasteiger partial charge in [-0.2, -0.15) is 0 Å². The molecular formula is C10H13N3. The van der Waals surface area contributed by atoms with Gasteiger partial charge in [0.1, 0.15) is 5.82 Å². The van der Waals surface area contributed by atoms with Crippen molar-refractivity contribution >= 4 is 0 Å². The Kier molecular flexibility index (Phi) is 1.44. The van der Waals surface area contributed by atoms with Crippen LogP contribution in [0.3, 0.4) is 0 Å². The van der Waals surface area contributed by atoms with Crippen LogP contribution in [0.2, 0.25) is 0 Å². The molecule has 68 valence electrons. The highest BCUT2D eigenvalue weighted by Crippen LogP contribution is 2.34. The second-order valence-electron chi connectivity index (χ2n) is 4.02. The molecule has 13 heavy (non-hydrogen) atoms. The Hall–Kier alpha value is -0.960. The SMILES string of the molecule is Cc1ncc2c(n1)C[C@@H]1CC[C@H]2N1. The van der Waals surface area contributed by atoms with Crippen LogP contribution >= 0.6 is 0 Å². The highest BCUT2D eigenvalue weighted by molar-refractivity contribution is 5.27. The fourth-order valence-electron chi connectivity index (χ4n) is 2.44. The predicted molar refractivity (Wildman–Crippen MR) is 49.4 cm³/mol. The number of hydrogen-bond acceptors (Lipinski definition) is 3. The van der Waals surface area contributed by atoms with Gasteiger partial charge in [-0.05, 0) is 19.8 Å². The maximum Gasteiger partial charge on any atom is 0.125 e. The number of hydrogen-bond donors (Lipinski definition) is 1. The zero-order valence-electron chi connectivity index (χ0n) is 7.75. The first kappa shape index (κ1) is 7.44. The average Bonchev–Trinajstić information content (AvgIpc) is 2.48. The van der Waals surface area contributed by atoms with Crippen molar-refractivity contribution in [3.05, 3.63) is 23.3 Å². The van der Waals surface area contributed by atoms with Crippen LogP contribution in [0.4, 0.5) is 0 Å². The highest BCUT2D eigenvalue weighted by atomic mass is 15.0. The third-order valence-corrected chi connectivity index (χ3v) is 3.08. The van der Waals surface area contributed by atoms with Crippen LogP contribution in [-0.4, -0.2) is 16.0 Å². The minimum absolute atomic E-state index is 0.536. The number of fused-ring (bicyclic) bond motifs is 4. The highest BCUT2D eigenvalue weighted by Gasteiger charge is 2.32. The van der Waals surface area contributed by atoms with E-state index in [-0.39, 0.29) is 0 Å². The summed E-state index contributed by atoms with van der Waals surface area (Å²) < 4.78 is 0. The number of nitrogens with zero attached hydrogens (tertiary/aromatic N) is 2. The van der Waals surface area contributed by atoms with Gasteiger partial charge >= 0.3 is 0 Å². The van der Waals surface area contributed by atoms with Crippen molar-refractivity contribution in [1.82, 2.24) is 15.3 Å². The van der Waals surface area contributed by atoms with Gasteiger partial charge < -0.3 is 5.32 Å². The maximum atomic E-state index is 4.50. The lowest BCUT2D eigenvalue weighted by molar-refractivity contribution is 0.502. The third-order valence-electron chi connectivity index (χ3n) is 3.08. The van der Waals surface area contributed by atoms with Gasteiger partial charge in [0.25, 0.3) is 0 Å². The van der Waals surface area contributed by atoms with Crippen molar-refractivity contribution in [1.29, 1.82) is 0 Å². The first-order chi connectivity index (χ1) is 6.33. The van der Waals surface area contributed by atoms with Gasteiger partial charge in [-0.1, -0.05) is 0 Å². The standard InChI is InChI=1S/C10H13N3/c1-6-11-5-8-9-3-2-7(13-9)4-10(8)12-6/h5,7,9,13H,2-4H2,1H3/t7-,9+/m0/s1. The van der Waals surface area contributed by atoms with E-state index in [4.69, 9.17) is 0 Å². The monoisotopic (exact) mass is 175 g/mol. The van der Waals surface area contributed by atoms with Crippen LogP contribution in [0, 0.1) is 6.92 Å². The van der Waals surface area contributed by atoms with E-state index in [1.165, 1.54) is 24.1 Å². The summed E-state index contributed by atoms with van der Waals surface area (Å²) >= 11 is 0. The molecule has 3 rings (SSSR count). The predicted octanol–water partition coefficient (Wildman–Crippen LogP) is 1.13. The van der Waals surface area contributed by atoms with Gasteiger partial charge in [-0.15, -0.1) is 0 Å². The molecule has 1 aromatic heterocycles. The smallest absolute Gasteiger partial charge is 0.125 e. The van der Waals surface area contributed by atoms with Gasteiger partial charge in [0.05, 0.1) is 5.69 Å². The summed E-state index contributed by atoms with van der Waals surface area (Å²) in [6.45, 7) is 1.96. The lowest BCUT2D eigenvalue weighted by Crippen LogP contribution is -2.32. The largest absolute Gasteiger partial charge is 0.307 e. The Morgan fingerprint density at radius 2 is 2.38 bits per heavy atom. The van der Waals surface area contributed by atoms with Gasteiger partial charge in [-0.3, -0.25) is 0 Å². The molecule has 0 aliphatic carbocycles. The minimum Gasteiger partial charge on any atom is -0.307 e. The van der Waals surface area contributed by atoms with E-state index in [1.807, 2.05) is 13.1 Å². The number of aromatic nitrogens is 2. The summed E-state index contributed by atoms with van der Waals surface area (Å²) in [6, 6.07) is 1.21. The van der Waals surface area contributed by atoms with Crippen molar-refractivity contribution in [2.45, 2.75) is 38.3 Å². The van der Waals surface area contributed by atoms with E-state index in [2.05, 4.69) is 15.3 Å². The molecule has 3 heteroatoms. The summed E-state index contributed by atoms with van der Waals surface area (Å²) in [5.41, 5.74) is 2.61. The summed E-state index contributed by atoms with van der Waals surface area (Å²) in [5, 5.41) is 3.59. The Labute approximate surface area is 77.6 Å². The Balaban J connectivity index is 2.12. The van der Waals surface area contributed by atoms with Crippen LogP contribution in [0.25, 0.3) is 0 Å². The summed E-state index contributed by atoms with van der Waals surface area (Å²) in [6.07, 6.45) is 5.64. The number of nitrogens with one attached hydrogen (secondary N) is 1. The van der Waals surface area contributed by atoms with E-state index >= 15 is 0 Å². The van der Waals surface area contributed by atoms with Gasteiger partial charge in [0.2, 0.25) is 0 Å². The molecule has 0 saturated carbocycles. The van der Waals surface area contributed by atoms with Crippen molar-refractivity contribution in [2.75, 3.05) is 0 Å². The summed E-state index contributed by atoms with van der Waals surface area (Å²) in [4.78, 5) is 8.76. The van der Waals surface area contributed by atoms with Crippen molar-refractivity contribution in [3.8, 4) is 0 Å². The van der Waals surface area contributed by atoms with E-state index < -0.39 is 0 Å². The molecule has 2 aliphatic heterocycles.